The third kappa shape index (κ3) is 4.88. The van der Waals surface area contributed by atoms with Gasteiger partial charge in [0.2, 0.25) is 0 Å². The van der Waals surface area contributed by atoms with Crippen molar-refractivity contribution in [2.75, 3.05) is 6.16 Å². The molecule has 1 aromatic carbocycles. The molecule has 0 bridgehead atoms. The summed E-state index contributed by atoms with van der Waals surface area (Å²) in [5, 5.41) is 0.280. The molecule has 0 amide bonds. The molecule has 0 aliphatic carbocycles. The van der Waals surface area contributed by atoms with Crippen LogP contribution >= 0.6 is 67.2 Å². The Balaban J connectivity index is 3.15. The number of benzene rings is 1. The fourth-order valence-electron chi connectivity index (χ4n) is 2.47. The zero-order valence-corrected chi connectivity index (χ0v) is 17.5. The van der Waals surface area contributed by atoms with E-state index in [1.54, 1.807) is 0 Å². The van der Waals surface area contributed by atoms with Crippen molar-refractivity contribution in [2.45, 2.75) is 33.6 Å². The molecule has 2 atom stereocenters. The van der Waals surface area contributed by atoms with Crippen LogP contribution in [0.2, 0.25) is 25.1 Å². The van der Waals surface area contributed by atoms with Crippen LogP contribution in [0, 0.1) is 11.3 Å². The predicted octanol–water partition coefficient (Wildman–Crippen LogP) is 7.45. The van der Waals surface area contributed by atoms with E-state index in [1.165, 1.54) is 0 Å². The first-order valence-corrected chi connectivity index (χ1v) is 9.47. The molecule has 1 rings (SSSR count). The molecule has 22 heavy (non-hydrogen) atoms. The van der Waals surface area contributed by atoms with Gasteiger partial charge in [-0.2, -0.15) is 0 Å². The molecule has 0 spiro atoms. The summed E-state index contributed by atoms with van der Waals surface area (Å²) >= 11 is 30.3. The summed E-state index contributed by atoms with van der Waals surface area (Å²) in [6.45, 7) is 6.24. The van der Waals surface area contributed by atoms with Gasteiger partial charge in [0.25, 0.3) is 0 Å². The van der Waals surface area contributed by atoms with Crippen LogP contribution in [-0.4, -0.2) is 11.9 Å². The van der Waals surface area contributed by atoms with Crippen LogP contribution in [0.15, 0.2) is 0 Å². The molecule has 2 unspecified atom stereocenters. The Morgan fingerprint density at radius 1 is 1.00 bits per heavy atom. The second-order valence-corrected chi connectivity index (χ2v) is 8.62. The maximum atomic E-state index is 12.7. The Morgan fingerprint density at radius 2 is 1.41 bits per heavy atom. The maximum Gasteiger partial charge on any atom is 0.166 e. The van der Waals surface area contributed by atoms with E-state index in [-0.39, 0.29) is 41.9 Å². The molecule has 0 saturated heterocycles. The van der Waals surface area contributed by atoms with E-state index in [0.29, 0.717) is 12.3 Å². The lowest BCUT2D eigenvalue weighted by Gasteiger charge is -2.27. The second kappa shape index (κ2) is 8.24. The lowest BCUT2D eigenvalue weighted by Crippen LogP contribution is -2.21. The molecule has 0 aliphatic rings. The minimum Gasteiger partial charge on any atom is -0.294 e. The quantitative estimate of drug-likeness (QED) is 0.201. The van der Waals surface area contributed by atoms with Crippen LogP contribution in [0.3, 0.4) is 0 Å². The Bertz CT molecular complexity index is 557. The van der Waals surface area contributed by atoms with Crippen molar-refractivity contribution in [2.24, 2.45) is 11.3 Å². The van der Waals surface area contributed by atoms with Crippen LogP contribution < -0.4 is 0 Å². The van der Waals surface area contributed by atoms with Gasteiger partial charge >= 0.3 is 0 Å². The van der Waals surface area contributed by atoms with Gasteiger partial charge in [-0.05, 0) is 23.9 Å². The van der Waals surface area contributed by atoms with Gasteiger partial charge in [-0.1, -0.05) is 78.8 Å². The van der Waals surface area contributed by atoms with Crippen molar-refractivity contribution < 1.29 is 4.79 Å². The minimum absolute atomic E-state index is 0.0530. The van der Waals surface area contributed by atoms with Crippen molar-refractivity contribution in [1.82, 2.24) is 0 Å². The minimum atomic E-state index is -0.184. The number of rotatable bonds is 6. The van der Waals surface area contributed by atoms with Crippen molar-refractivity contribution in [1.29, 1.82) is 0 Å². The predicted molar refractivity (Wildman–Crippen MR) is 103 cm³/mol. The fourth-order valence-corrected chi connectivity index (χ4v) is 3.99. The highest BCUT2D eigenvalue weighted by Crippen LogP contribution is 2.45. The summed E-state index contributed by atoms with van der Waals surface area (Å²) in [5.74, 6) is 0.313. The van der Waals surface area contributed by atoms with Gasteiger partial charge in [-0.15, -0.1) is 9.24 Å². The first-order chi connectivity index (χ1) is 10.0. The average molecular weight is 423 g/mol. The van der Waals surface area contributed by atoms with E-state index in [0.717, 1.165) is 12.6 Å². The molecule has 7 heteroatoms. The summed E-state index contributed by atoms with van der Waals surface area (Å²) in [7, 11) is 2.72. The highest BCUT2D eigenvalue weighted by atomic mass is 35.5. The van der Waals surface area contributed by atoms with E-state index in [2.05, 4.69) is 16.2 Å². The molecular formula is C15H18Cl5OP. The van der Waals surface area contributed by atoms with Gasteiger partial charge in [-0.3, -0.25) is 4.79 Å². The molecule has 0 aromatic heterocycles. The topological polar surface area (TPSA) is 17.1 Å². The standard InChI is InChI=1S/C15H18Cl5OP/c1-7(6-22)4-15(2,3)5-8(21)9-10(16)12(18)14(20)13(19)11(9)17/h7H,4-6,22H2,1-3H3. The molecule has 0 fully saturated rings. The van der Waals surface area contributed by atoms with Gasteiger partial charge in [0.15, 0.2) is 5.78 Å². The highest BCUT2D eigenvalue weighted by molar-refractivity contribution is 7.16. The van der Waals surface area contributed by atoms with E-state index in [1.807, 2.05) is 13.8 Å². The van der Waals surface area contributed by atoms with Crippen LogP contribution in [-0.2, 0) is 0 Å². The Kier molecular flexibility index (Phi) is 7.79. The molecule has 0 radical (unpaired) electrons. The number of Topliss-reactive ketones (excluding diaryl/α,β-unsaturated/α-hetero) is 1. The number of hydrogen-bond donors (Lipinski definition) is 0. The van der Waals surface area contributed by atoms with Gasteiger partial charge in [-0.25, -0.2) is 0 Å². The average Bonchev–Trinajstić information content (AvgIpc) is 2.41. The van der Waals surface area contributed by atoms with Crippen LogP contribution in [0.25, 0.3) is 0 Å². The van der Waals surface area contributed by atoms with E-state index in [9.17, 15) is 4.79 Å². The van der Waals surface area contributed by atoms with Gasteiger partial charge in [0.1, 0.15) is 0 Å². The first kappa shape index (κ1) is 20.8. The van der Waals surface area contributed by atoms with Crippen molar-refractivity contribution in [3.63, 3.8) is 0 Å². The molecule has 0 aliphatic heterocycles. The first-order valence-electron chi connectivity index (χ1n) is 6.76. The SMILES string of the molecule is CC(CP)CC(C)(C)CC(=O)c1c(Cl)c(Cl)c(Cl)c(Cl)c1Cl. The smallest absolute Gasteiger partial charge is 0.166 e. The summed E-state index contributed by atoms with van der Waals surface area (Å²) in [4.78, 5) is 12.7. The second-order valence-electron chi connectivity index (χ2n) is 6.25. The Labute approximate surface area is 159 Å². The number of hydrogen-bond acceptors (Lipinski definition) is 1. The highest BCUT2D eigenvalue weighted by Gasteiger charge is 2.29. The van der Waals surface area contributed by atoms with Gasteiger partial charge in [0.05, 0.1) is 30.7 Å². The molecule has 1 aromatic rings. The number of carbonyl (C=O) groups excluding carboxylic acids is 1. The molecule has 0 N–H and O–H groups in total. The molecule has 124 valence electrons. The van der Waals surface area contributed by atoms with E-state index in [4.69, 9.17) is 58.0 Å². The van der Waals surface area contributed by atoms with Gasteiger partial charge in [0, 0.05) is 6.42 Å². The number of carbonyl (C=O) groups is 1. The number of halogens is 5. The van der Waals surface area contributed by atoms with Crippen LogP contribution in [0.5, 0.6) is 0 Å². The van der Waals surface area contributed by atoms with Crippen molar-refractivity contribution in [3.05, 3.63) is 30.7 Å². The van der Waals surface area contributed by atoms with Crippen LogP contribution in [0.4, 0.5) is 0 Å². The Morgan fingerprint density at radius 3 is 1.82 bits per heavy atom. The molecule has 1 nitrogen and oxygen atoms in total. The summed E-state index contributed by atoms with van der Waals surface area (Å²) < 4.78 is 0. The normalized spacial score (nSPS) is 13.3. The molecule has 0 saturated carbocycles. The van der Waals surface area contributed by atoms with E-state index >= 15 is 0 Å². The summed E-state index contributed by atoms with van der Waals surface area (Å²) in [6.07, 6.45) is 2.19. The van der Waals surface area contributed by atoms with Crippen molar-refractivity contribution >= 4 is 73.0 Å². The zero-order valence-electron chi connectivity index (χ0n) is 12.6. The zero-order chi connectivity index (χ0) is 17.2. The third-order valence-electron chi connectivity index (χ3n) is 3.43. The third-order valence-corrected chi connectivity index (χ3v) is 6.51. The fraction of sp³-hybridized carbons (Fsp3) is 0.533. The largest absolute Gasteiger partial charge is 0.294 e. The van der Waals surface area contributed by atoms with Crippen molar-refractivity contribution in [3.8, 4) is 0 Å². The number of ketones is 1. The monoisotopic (exact) mass is 420 g/mol. The lowest BCUT2D eigenvalue weighted by atomic mass is 9.79. The lowest BCUT2D eigenvalue weighted by molar-refractivity contribution is 0.0918. The van der Waals surface area contributed by atoms with E-state index < -0.39 is 0 Å². The van der Waals surface area contributed by atoms with Gasteiger partial charge < -0.3 is 0 Å². The molecule has 0 heterocycles. The molecular weight excluding hydrogens is 404 g/mol. The summed E-state index contributed by atoms with van der Waals surface area (Å²) in [5.41, 5.74) is -0.0347. The summed E-state index contributed by atoms with van der Waals surface area (Å²) in [6, 6.07) is 0. The van der Waals surface area contributed by atoms with Crippen LogP contribution in [0.1, 0.15) is 44.0 Å². The maximum absolute atomic E-state index is 12.7. The Hall–Kier alpha value is 0.770.